The number of hydrogen-bond acceptors (Lipinski definition) is 4. The molecule has 0 aliphatic heterocycles. The maximum absolute atomic E-state index is 6.02. The van der Waals surface area contributed by atoms with Crippen molar-refractivity contribution in [3.05, 3.63) is 0 Å². The summed E-state index contributed by atoms with van der Waals surface area (Å²) in [5, 5.41) is 0. The first-order valence-electron chi connectivity index (χ1n) is 5.80. The summed E-state index contributed by atoms with van der Waals surface area (Å²) in [6.07, 6.45) is 1.97. The van der Waals surface area contributed by atoms with Gasteiger partial charge in [-0.1, -0.05) is 0 Å². The highest BCUT2D eigenvalue weighted by atomic mass is 16.5. The van der Waals surface area contributed by atoms with Crippen molar-refractivity contribution < 1.29 is 9.47 Å². The van der Waals surface area contributed by atoms with Crippen molar-refractivity contribution in [1.82, 2.24) is 0 Å². The Bertz CT molecular complexity index is 137. The van der Waals surface area contributed by atoms with Crippen LogP contribution in [0.2, 0.25) is 0 Å². The molecule has 0 aromatic heterocycles. The molecule has 0 amide bonds. The first-order valence-corrected chi connectivity index (χ1v) is 5.80. The highest BCUT2D eigenvalue weighted by molar-refractivity contribution is 4.73. The zero-order valence-corrected chi connectivity index (χ0v) is 10.2. The minimum Gasteiger partial charge on any atom is -0.379 e. The highest BCUT2D eigenvalue weighted by Crippen LogP contribution is 2.06. The largest absolute Gasteiger partial charge is 0.379 e. The van der Waals surface area contributed by atoms with Gasteiger partial charge in [-0.15, -0.1) is 0 Å². The molecule has 92 valence electrons. The number of hydrogen-bond donors (Lipinski definition) is 2. The third kappa shape index (κ3) is 7.73. The molecule has 4 heteroatoms. The maximum Gasteiger partial charge on any atom is 0.0738 e. The average Bonchev–Trinajstić information content (AvgIpc) is 2.16. The second kappa shape index (κ2) is 9.09. The van der Waals surface area contributed by atoms with Crippen molar-refractivity contribution in [3.63, 3.8) is 0 Å². The molecule has 0 aliphatic carbocycles. The van der Waals surface area contributed by atoms with E-state index in [1.807, 2.05) is 20.8 Å². The minimum atomic E-state index is 0.0206. The molecule has 0 saturated carbocycles. The van der Waals surface area contributed by atoms with Gasteiger partial charge in [-0.3, -0.25) is 0 Å². The molecule has 0 heterocycles. The molecule has 4 N–H and O–H groups in total. The van der Waals surface area contributed by atoms with Crippen LogP contribution in [0.1, 0.15) is 33.6 Å². The van der Waals surface area contributed by atoms with Crippen LogP contribution in [0.15, 0.2) is 0 Å². The summed E-state index contributed by atoms with van der Waals surface area (Å²) in [6, 6.07) is 0.0206. The zero-order chi connectivity index (χ0) is 11.7. The quantitative estimate of drug-likeness (QED) is 0.603. The van der Waals surface area contributed by atoms with Gasteiger partial charge >= 0.3 is 0 Å². The molecule has 0 aliphatic rings. The number of rotatable bonds is 9. The van der Waals surface area contributed by atoms with Crippen LogP contribution in [-0.2, 0) is 9.47 Å². The lowest BCUT2D eigenvalue weighted by atomic mass is 10.1. The van der Waals surface area contributed by atoms with Gasteiger partial charge in [0.2, 0.25) is 0 Å². The third-order valence-corrected chi connectivity index (χ3v) is 2.21. The molecule has 2 unspecified atom stereocenters. The van der Waals surface area contributed by atoms with Crippen molar-refractivity contribution in [3.8, 4) is 0 Å². The predicted molar refractivity (Wildman–Crippen MR) is 62.8 cm³/mol. The molecule has 0 fully saturated rings. The lowest BCUT2D eigenvalue weighted by molar-refractivity contribution is 0.0198. The van der Waals surface area contributed by atoms with Gasteiger partial charge in [-0.2, -0.15) is 0 Å². The van der Waals surface area contributed by atoms with E-state index in [9.17, 15) is 0 Å². The van der Waals surface area contributed by atoms with Gasteiger partial charge in [0.25, 0.3) is 0 Å². The van der Waals surface area contributed by atoms with Gasteiger partial charge in [0.1, 0.15) is 0 Å². The van der Waals surface area contributed by atoms with E-state index < -0.39 is 0 Å². The van der Waals surface area contributed by atoms with Crippen LogP contribution >= 0.6 is 0 Å². The van der Waals surface area contributed by atoms with E-state index in [-0.39, 0.29) is 18.2 Å². The molecule has 2 atom stereocenters. The van der Waals surface area contributed by atoms with Crippen molar-refractivity contribution in [1.29, 1.82) is 0 Å². The lowest BCUT2D eigenvalue weighted by Crippen LogP contribution is -2.39. The first kappa shape index (κ1) is 14.8. The summed E-state index contributed by atoms with van der Waals surface area (Å²) in [5.41, 5.74) is 11.5. The Hall–Kier alpha value is -0.160. The van der Waals surface area contributed by atoms with Crippen molar-refractivity contribution in [2.24, 2.45) is 11.5 Å². The van der Waals surface area contributed by atoms with Gasteiger partial charge in [0.05, 0.1) is 12.2 Å². The fraction of sp³-hybridized carbons (Fsp3) is 1.00. The summed E-state index contributed by atoms with van der Waals surface area (Å²) >= 11 is 0. The van der Waals surface area contributed by atoms with E-state index in [1.54, 1.807) is 0 Å². The van der Waals surface area contributed by atoms with E-state index in [0.717, 1.165) is 12.8 Å². The van der Waals surface area contributed by atoms with Crippen LogP contribution in [0, 0.1) is 0 Å². The molecule has 4 nitrogen and oxygen atoms in total. The maximum atomic E-state index is 6.02. The molecule has 15 heavy (non-hydrogen) atoms. The Labute approximate surface area is 93.3 Å². The molecule has 0 rings (SSSR count). The normalized spacial score (nSPS) is 15.6. The second-order valence-electron chi connectivity index (χ2n) is 3.94. The Balaban J connectivity index is 3.74. The van der Waals surface area contributed by atoms with Gasteiger partial charge in [0.15, 0.2) is 0 Å². The van der Waals surface area contributed by atoms with Crippen LogP contribution in [0.3, 0.4) is 0 Å². The minimum absolute atomic E-state index is 0.0206. The Morgan fingerprint density at radius 1 is 1.13 bits per heavy atom. The molecular formula is C11H26N2O2. The summed E-state index contributed by atoms with van der Waals surface area (Å²) in [7, 11) is 0. The average molecular weight is 218 g/mol. The number of ether oxygens (including phenoxy) is 2. The molecule has 0 saturated heterocycles. The molecule has 0 aromatic rings. The van der Waals surface area contributed by atoms with E-state index >= 15 is 0 Å². The Kier molecular flexibility index (Phi) is 9.00. The molecular weight excluding hydrogens is 192 g/mol. The van der Waals surface area contributed by atoms with Crippen LogP contribution < -0.4 is 11.5 Å². The van der Waals surface area contributed by atoms with Gasteiger partial charge in [0, 0.05) is 19.3 Å². The van der Waals surface area contributed by atoms with Crippen LogP contribution in [0.4, 0.5) is 0 Å². The van der Waals surface area contributed by atoms with Gasteiger partial charge < -0.3 is 20.9 Å². The summed E-state index contributed by atoms with van der Waals surface area (Å²) in [5.74, 6) is 0. The summed E-state index contributed by atoms with van der Waals surface area (Å²) < 4.78 is 11.0. The van der Waals surface area contributed by atoms with Crippen molar-refractivity contribution in [2.45, 2.75) is 51.9 Å². The van der Waals surface area contributed by atoms with Crippen molar-refractivity contribution >= 4 is 0 Å². The lowest BCUT2D eigenvalue weighted by Gasteiger charge is -2.23. The number of nitrogens with two attached hydrogens (primary N) is 2. The predicted octanol–water partition coefficient (Wildman–Crippen LogP) is 0.883. The van der Waals surface area contributed by atoms with Gasteiger partial charge in [-0.25, -0.2) is 0 Å². The zero-order valence-electron chi connectivity index (χ0n) is 10.2. The van der Waals surface area contributed by atoms with E-state index in [4.69, 9.17) is 20.9 Å². The second-order valence-corrected chi connectivity index (χ2v) is 3.94. The molecule has 0 bridgehead atoms. The Morgan fingerprint density at radius 2 is 1.80 bits per heavy atom. The standard InChI is InChI=1S/C11H26N2O2/c1-4-14-11(5-7-12)10(13)6-8-15-9(2)3/h9-11H,4-8,12-13H2,1-3H3. The summed E-state index contributed by atoms with van der Waals surface area (Å²) in [4.78, 5) is 0. The Morgan fingerprint density at radius 3 is 2.27 bits per heavy atom. The van der Waals surface area contributed by atoms with Crippen molar-refractivity contribution in [2.75, 3.05) is 19.8 Å². The SMILES string of the molecule is CCOC(CCN)C(N)CCOC(C)C. The first-order chi connectivity index (χ1) is 7.11. The topological polar surface area (TPSA) is 70.5 Å². The molecule has 0 aromatic carbocycles. The monoisotopic (exact) mass is 218 g/mol. The van der Waals surface area contributed by atoms with E-state index in [0.29, 0.717) is 19.8 Å². The van der Waals surface area contributed by atoms with E-state index in [2.05, 4.69) is 0 Å². The smallest absolute Gasteiger partial charge is 0.0738 e. The summed E-state index contributed by atoms with van der Waals surface area (Å²) in [6.45, 7) is 8.00. The van der Waals surface area contributed by atoms with Gasteiger partial charge in [-0.05, 0) is 40.2 Å². The fourth-order valence-corrected chi connectivity index (χ4v) is 1.43. The molecule has 0 radical (unpaired) electrons. The van der Waals surface area contributed by atoms with Crippen LogP contribution in [0.25, 0.3) is 0 Å². The van der Waals surface area contributed by atoms with E-state index in [1.165, 1.54) is 0 Å². The highest BCUT2D eigenvalue weighted by Gasteiger charge is 2.16. The van der Waals surface area contributed by atoms with Crippen LogP contribution in [0.5, 0.6) is 0 Å². The fourth-order valence-electron chi connectivity index (χ4n) is 1.43. The molecule has 0 spiro atoms. The van der Waals surface area contributed by atoms with Crippen LogP contribution in [-0.4, -0.2) is 38.0 Å². The third-order valence-electron chi connectivity index (χ3n) is 2.21.